The average molecular weight is 292 g/mol. The van der Waals surface area contributed by atoms with Gasteiger partial charge in [0.25, 0.3) is 0 Å². The number of unbranched alkanes of at least 4 members (excludes halogenated alkanes) is 3. The van der Waals surface area contributed by atoms with Crippen molar-refractivity contribution < 1.29 is 9.90 Å². The molecular formula is C17H28N2O2. The highest BCUT2D eigenvalue weighted by molar-refractivity contribution is 5.82. The number of nitrogens with zero attached hydrogens (tertiary/aromatic N) is 1. The molecule has 0 aliphatic rings. The van der Waals surface area contributed by atoms with Gasteiger partial charge < -0.3 is 15.7 Å². The lowest BCUT2D eigenvalue weighted by Crippen LogP contribution is -2.46. The van der Waals surface area contributed by atoms with Crippen molar-refractivity contribution >= 4 is 5.91 Å². The van der Waals surface area contributed by atoms with E-state index in [2.05, 4.69) is 6.92 Å². The second kappa shape index (κ2) is 10.4. The lowest BCUT2D eigenvalue weighted by Gasteiger charge is -2.25. The minimum absolute atomic E-state index is 0.0163. The van der Waals surface area contributed by atoms with Gasteiger partial charge in [0.15, 0.2) is 0 Å². The Hall–Kier alpha value is -1.39. The molecule has 0 aliphatic carbocycles. The Bertz CT molecular complexity index is 395. The smallest absolute Gasteiger partial charge is 0.239 e. The maximum absolute atomic E-state index is 12.4. The largest absolute Gasteiger partial charge is 0.395 e. The molecule has 0 aromatic heterocycles. The quantitative estimate of drug-likeness (QED) is 0.648. The van der Waals surface area contributed by atoms with Crippen molar-refractivity contribution in [3.8, 4) is 0 Å². The Balaban J connectivity index is 2.49. The van der Waals surface area contributed by atoms with Gasteiger partial charge in [-0.05, 0) is 18.4 Å². The number of rotatable bonds is 10. The molecule has 3 N–H and O–H groups in total. The summed E-state index contributed by atoms with van der Waals surface area (Å²) in [5.41, 5.74) is 7.10. The van der Waals surface area contributed by atoms with Crippen LogP contribution in [0.15, 0.2) is 30.3 Å². The lowest BCUT2D eigenvalue weighted by atomic mass is 10.1. The lowest BCUT2D eigenvalue weighted by molar-refractivity contribution is -0.133. The molecule has 0 spiro atoms. The van der Waals surface area contributed by atoms with Gasteiger partial charge in [-0.2, -0.15) is 0 Å². The summed E-state index contributed by atoms with van der Waals surface area (Å²) >= 11 is 0. The van der Waals surface area contributed by atoms with E-state index in [0.717, 1.165) is 18.4 Å². The topological polar surface area (TPSA) is 66.6 Å². The fourth-order valence-corrected chi connectivity index (χ4v) is 2.37. The molecule has 0 heterocycles. The van der Waals surface area contributed by atoms with Gasteiger partial charge in [0, 0.05) is 13.1 Å². The van der Waals surface area contributed by atoms with Gasteiger partial charge in [-0.1, -0.05) is 56.5 Å². The third-order valence-electron chi connectivity index (χ3n) is 3.58. The summed E-state index contributed by atoms with van der Waals surface area (Å²) in [5.74, 6) is -0.0654. The van der Waals surface area contributed by atoms with Crippen molar-refractivity contribution in [1.82, 2.24) is 4.90 Å². The molecule has 0 aliphatic heterocycles. The van der Waals surface area contributed by atoms with Crippen LogP contribution in [-0.4, -0.2) is 41.7 Å². The summed E-state index contributed by atoms with van der Waals surface area (Å²) in [7, 11) is 0. The predicted octanol–water partition coefficient (Wildman–Crippen LogP) is 1.96. The van der Waals surface area contributed by atoms with Crippen molar-refractivity contribution in [2.24, 2.45) is 5.73 Å². The zero-order chi connectivity index (χ0) is 15.5. The molecule has 118 valence electrons. The summed E-state index contributed by atoms with van der Waals surface area (Å²) in [6.07, 6.45) is 4.96. The van der Waals surface area contributed by atoms with E-state index >= 15 is 0 Å². The van der Waals surface area contributed by atoms with Crippen molar-refractivity contribution in [2.75, 3.05) is 19.7 Å². The van der Waals surface area contributed by atoms with Crippen LogP contribution < -0.4 is 5.73 Å². The maximum Gasteiger partial charge on any atom is 0.239 e. The van der Waals surface area contributed by atoms with Gasteiger partial charge in [-0.3, -0.25) is 4.79 Å². The molecule has 1 unspecified atom stereocenters. The van der Waals surface area contributed by atoms with Crippen molar-refractivity contribution in [2.45, 2.75) is 45.1 Å². The Labute approximate surface area is 128 Å². The number of benzene rings is 1. The first-order valence-electron chi connectivity index (χ1n) is 7.88. The molecule has 0 saturated carbocycles. The fraction of sp³-hybridized carbons (Fsp3) is 0.588. The van der Waals surface area contributed by atoms with E-state index in [-0.39, 0.29) is 12.5 Å². The van der Waals surface area contributed by atoms with E-state index in [9.17, 15) is 4.79 Å². The van der Waals surface area contributed by atoms with Gasteiger partial charge in [-0.25, -0.2) is 0 Å². The van der Waals surface area contributed by atoms with E-state index in [1.54, 1.807) is 4.90 Å². The summed E-state index contributed by atoms with van der Waals surface area (Å²) in [6, 6.07) is 9.26. The van der Waals surface area contributed by atoms with Crippen molar-refractivity contribution in [1.29, 1.82) is 0 Å². The summed E-state index contributed by atoms with van der Waals surface area (Å²) < 4.78 is 0. The molecular weight excluding hydrogens is 264 g/mol. The standard InChI is InChI=1S/C17H28N2O2/c1-2-3-4-8-11-19(12-13-20)17(21)16(18)14-15-9-6-5-7-10-15/h5-7,9-10,16,20H,2-4,8,11-14,18H2,1H3. The molecule has 0 bridgehead atoms. The fourth-order valence-electron chi connectivity index (χ4n) is 2.37. The van der Waals surface area contributed by atoms with E-state index in [1.165, 1.54) is 12.8 Å². The summed E-state index contributed by atoms with van der Waals surface area (Å²) in [4.78, 5) is 14.1. The Kier molecular flexibility index (Phi) is 8.71. The van der Waals surface area contributed by atoms with Crippen LogP contribution in [0, 0.1) is 0 Å². The zero-order valence-corrected chi connectivity index (χ0v) is 13.0. The van der Waals surface area contributed by atoms with Crippen LogP contribution in [0.4, 0.5) is 0 Å². The highest BCUT2D eigenvalue weighted by Crippen LogP contribution is 2.07. The highest BCUT2D eigenvalue weighted by atomic mass is 16.3. The molecule has 1 aromatic rings. The monoisotopic (exact) mass is 292 g/mol. The minimum atomic E-state index is -0.537. The number of hydrogen-bond donors (Lipinski definition) is 2. The number of hydrogen-bond acceptors (Lipinski definition) is 3. The van der Waals surface area contributed by atoms with Crippen molar-refractivity contribution in [3.05, 3.63) is 35.9 Å². The van der Waals surface area contributed by atoms with Gasteiger partial charge >= 0.3 is 0 Å². The second-order valence-electron chi connectivity index (χ2n) is 5.41. The Morgan fingerprint density at radius 2 is 1.90 bits per heavy atom. The van der Waals surface area contributed by atoms with Crippen LogP contribution in [0.3, 0.4) is 0 Å². The number of nitrogens with two attached hydrogens (primary N) is 1. The van der Waals surface area contributed by atoms with E-state index in [1.807, 2.05) is 30.3 Å². The molecule has 21 heavy (non-hydrogen) atoms. The average Bonchev–Trinajstić information content (AvgIpc) is 2.50. The van der Waals surface area contributed by atoms with Crippen LogP contribution in [0.2, 0.25) is 0 Å². The third-order valence-corrected chi connectivity index (χ3v) is 3.58. The Morgan fingerprint density at radius 1 is 1.19 bits per heavy atom. The zero-order valence-electron chi connectivity index (χ0n) is 13.0. The Morgan fingerprint density at radius 3 is 2.52 bits per heavy atom. The first kappa shape index (κ1) is 17.7. The molecule has 1 rings (SSSR count). The molecule has 4 heteroatoms. The van der Waals surface area contributed by atoms with Gasteiger partial charge in [0.1, 0.15) is 0 Å². The van der Waals surface area contributed by atoms with Crippen LogP contribution in [0.5, 0.6) is 0 Å². The van der Waals surface area contributed by atoms with Gasteiger partial charge in [0.2, 0.25) is 5.91 Å². The van der Waals surface area contributed by atoms with Crippen molar-refractivity contribution in [3.63, 3.8) is 0 Å². The number of aliphatic hydroxyl groups excluding tert-OH is 1. The number of aliphatic hydroxyl groups is 1. The molecule has 1 aromatic carbocycles. The predicted molar refractivity (Wildman–Crippen MR) is 85.9 cm³/mol. The van der Waals surface area contributed by atoms with Crippen LogP contribution in [-0.2, 0) is 11.2 Å². The number of carbonyl (C=O) groups is 1. The van der Waals surface area contributed by atoms with E-state index in [4.69, 9.17) is 10.8 Å². The molecule has 0 fully saturated rings. The summed E-state index contributed by atoms with van der Waals surface area (Å²) in [6.45, 7) is 3.19. The van der Waals surface area contributed by atoms with E-state index in [0.29, 0.717) is 19.5 Å². The molecule has 1 atom stereocenters. The van der Waals surface area contributed by atoms with Crippen LogP contribution in [0.1, 0.15) is 38.2 Å². The first-order valence-corrected chi connectivity index (χ1v) is 7.88. The minimum Gasteiger partial charge on any atom is -0.395 e. The van der Waals surface area contributed by atoms with E-state index < -0.39 is 6.04 Å². The first-order chi connectivity index (χ1) is 10.2. The van der Waals surface area contributed by atoms with Crippen LogP contribution in [0.25, 0.3) is 0 Å². The molecule has 0 saturated heterocycles. The van der Waals surface area contributed by atoms with Crippen LogP contribution >= 0.6 is 0 Å². The van der Waals surface area contributed by atoms with Gasteiger partial charge in [0.05, 0.1) is 12.6 Å². The highest BCUT2D eigenvalue weighted by Gasteiger charge is 2.20. The molecule has 1 amide bonds. The maximum atomic E-state index is 12.4. The second-order valence-corrected chi connectivity index (χ2v) is 5.41. The third kappa shape index (κ3) is 6.74. The SMILES string of the molecule is CCCCCCN(CCO)C(=O)C(N)Cc1ccccc1. The normalized spacial score (nSPS) is 12.1. The number of amides is 1. The molecule has 0 radical (unpaired) electrons. The molecule has 4 nitrogen and oxygen atoms in total. The number of carbonyl (C=O) groups excluding carboxylic acids is 1. The van der Waals surface area contributed by atoms with Gasteiger partial charge in [-0.15, -0.1) is 0 Å². The summed E-state index contributed by atoms with van der Waals surface area (Å²) in [5, 5.41) is 9.13.